The molecule has 3 heteroatoms. The molecule has 2 heterocycles. The summed E-state index contributed by atoms with van der Waals surface area (Å²) in [6.07, 6.45) is 0. The van der Waals surface area contributed by atoms with Crippen molar-refractivity contribution < 1.29 is 4.42 Å². The van der Waals surface area contributed by atoms with Crippen molar-refractivity contribution in [1.82, 2.24) is 4.57 Å². The molecule has 0 aliphatic heterocycles. The maximum Gasteiger partial charge on any atom is 0.134 e. The summed E-state index contributed by atoms with van der Waals surface area (Å²) in [4.78, 5) is 2.36. The van der Waals surface area contributed by atoms with Crippen LogP contribution in [0.15, 0.2) is 174 Å². The first kappa shape index (κ1) is 28.7. The smallest absolute Gasteiger partial charge is 0.134 e. The second kappa shape index (κ2) is 10.8. The summed E-state index contributed by atoms with van der Waals surface area (Å²) in [5.41, 5.74) is 13.8. The number of nitrogens with zero attached hydrogens (tertiary/aromatic N) is 2. The number of furan rings is 1. The Balaban J connectivity index is 1.06. The van der Waals surface area contributed by atoms with Crippen molar-refractivity contribution in [2.75, 3.05) is 4.90 Å². The van der Waals surface area contributed by atoms with Crippen LogP contribution in [0.25, 0.3) is 60.7 Å². The molecule has 0 saturated heterocycles. The fourth-order valence-electron chi connectivity index (χ4n) is 8.12. The zero-order chi connectivity index (χ0) is 33.4. The van der Waals surface area contributed by atoms with Crippen LogP contribution in [0.4, 0.5) is 17.1 Å². The van der Waals surface area contributed by atoms with Crippen LogP contribution in [0.3, 0.4) is 0 Å². The molecule has 238 valence electrons. The van der Waals surface area contributed by atoms with Gasteiger partial charge in [-0.05, 0) is 109 Å². The van der Waals surface area contributed by atoms with Gasteiger partial charge in [-0.25, -0.2) is 0 Å². The fraction of sp³-hybridized carbons (Fsp3) is 0.0638. The number of rotatable bonds is 5. The van der Waals surface area contributed by atoms with E-state index in [-0.39, 0.29) is 5.41 Å². The Morgan fingerprint density at radius 2 is 1.12 bits per heavy atom. The average Bonchev–Trinajstić information content (AvgIpc) is 3.79. The van der Waals surface area contributed by atoms with Crippen LogP contribution in [0, 0.1) is 0 Å². The fourth-order valence-corrected chi connectivity index (χ4v) is 8.12. The van der Waals surface area contributed by atoms with Crippen LogP contribution in [-0.4, -0.2) is 4.57 Å². The van der Waals surface area contributed by atoms with Gasteiger partial charge in [0.2, 0.25) is 0 Å². The zero-order valence-corrected chi connectivity index (χ0v) is 28.0. The molecular weight excluding hydrogens is 609 g/mol. The summed E-state index contributed by atoms with van der Waals surface area (Å²) in [7, 11) is 0. The van der Waals surface area contributed by atoms with E-state index in [1.165, 1.54) is 60.7 Å². The van der Waals surface area contributed by atoms with Gasteiger partial charge in [-0.1, -0.05) is 97.1 Å². The zero-order valence-electron chi connectivity index (χ0n) is 28.0. The van der Waals surface area contributed by atoms with Crippen molar-refractivity contribution >= 4 is 49.8 Å². The summed E-state index contributed by atoms with van der Waals surface area (Å²) >= 11 is 0. The minimum Gasteiger partial charge on any atom is -0.459 e. The third-order valence-corrected chi connectivity index (χ3v) is 10.5. The SMILES string of the molecule is CC1(C)c2cc(N(c3ccccc3)c3ccc(-c4ccc5c(c4)c4ccccc4n5-c4ccccc4)cc3)ccc2-c2c1oc1ccccc21. The average molecular weight is 643 g/mol. The lowest BCUT2D eigenvalue weighted by Gasteiger charge is -2.28. The Hall–Kier alpha value is -6.32. The molecule has 10 rings (SSSR count). The van der Waals surface area contributed by atoms with E-state index in [0.29, 0.717) is 0 Å². The molecule has 1 aliphatic rings. The van der Waals surface area contributed by atoms with Gasteiger partial charge < -0.3 is 13.9 Å². The van der Waals surface area contributed by atoms with Crippen LogP contribution >= 0.6 is 0 Å². The van der Waals surface area contributed by atoms with Gasteiger partial charge in [0.25, 0.3) is 0 Å². The Labute approximate surface area is 291 Å². The highest BCUT2D eigenvalue weighted by Crippen LogP contribution is 2.54. The first-order chi connectivity index (χ1) is 24.6. The molecular formula is C47H34N2O. The second-order valence-electron chi connectivity index (χ2n) is 13.8. The minimum absolute atomic E-state index is 0.256. The van der Waals surface area contributed by atoms with Crippen molar-refractivity contribution in [3.05, 3.63) is 181 Å². The van der Waals surface area contributed by atoms with E-state index in [1.54, 1.807) is 0 Å². The Bertz CT molecular complexity index is 2720. The summed E-state index contributed by atoms with van der Waals surface area (Å²) < 4.78 is 8.86. The lowest BCUT2D eigenvalue weighted by molar-refractivity contribution is 0.465. The largest absolute Gasteiger partial charge is 0.459 e. The number of benzene rings is 7. The molecule has 0 amide bonds. The van der Waals surface area contributed by atoms with Crippen molar-refractivity contribution in [3.8, 4) is 27.9 Å². The molecule has 9 aromatic rings. The number of hydrogen-bond donors (Lipinski definition) is 0. The molecule has 0 fully saturated rings. The van der Waals surface area contributed by atoms with E-state index in [0.717, 1.165) is 28.4 Å². The van der Waals surface area contributed by atoms with E-state index >= 15 is 0 Å². The van der Waals surface area contributed by atoms with Gasteiger partial charge in [-0.2, -0.15) is 0 Å². The monoisotopic (exact) mass is 642 g/mol. The summed E-state index contributed by atoms with van der Waals surface area (Å²) in [5.74, 6) is 1.05. The molecule has 0 radical (unpaired) electrons. The summed E-state index contributed by atoms with van der Waals surface area (Å²) in [5, 5.41) is 3.69. The Morgan fingerprint density at radius 3 is 1.92 bits per heavy atom. The maximum absolute atomic E-state index is 6.49. The molecule has 0 saturated carbocycles. The number of para-hydroxylation sites is 4. The molecule has 0 bridgehead atoms. The van der Waals surface area contributed by atoms with E-state index in [9.17, 15) is 0 Å². The van der Waals surface area contributed by atoms with Gasteiger partial charge in [0.1, 0.15) is 11.3 Å². The van der Waals surface area contributed by atoms with Gasteiger partial charge in [-0.15, -0.1) is 0 Å². The molecule has 3 nitrogen and oxygen atoms in total. The van der Waals surface area contributed by atoms with Crippen molar-refractivity contribution in [2.45, 2.75) is 19.3 Å². The second-order valence-corrected chi connectivity index (χ2v) is 13.8. The molecule has 1 aliphatic carbocycles. The van der Waals surface area contributed by atoms with Crippen molar-refractivity contribution in [3.63, 3.8) is 0 Å². The minimum atomic E-state index is -0.256. The highest BCUT2D eigenvalue weighted by molar-refractivity contribution is 6.10. The molecule has 2 aromatic heterocycles. The predicted molar refractivity (Wildman–Crippen MR) is 208 cm³/mol. The van der Waals surface area contributed by atoms with Gasteiger partial charge in [-0.3, -0.25) is 0 Å². The topological polar surface area (TPSA) is 21.3 Å². The quantitative estimate of drug-likeness (QED) is 0.186. The van der Waals surface area contributed by atoms with Crippen molar-refractivity contribution in [1.29, 1.82) is 0 Å². The van der Waals surface area contributed by atoms with Crippen LogP contribution in [0.5, 0.6) is 0 Å². The third-order valence-electron chi connectivity index (χ3n) is 10.5. The van der Waals surface area contributed by atoms with Crippen LogP contribution < -0.4 is 4.90 Å². The normalized spacial score (nSPS) is 13.2. The van der Waals surface area contributed by atoms with E-state index in [1.807, 2.05) is 6.07 Å². The molecule has 0 unspecified atom stereocenters. The third kappa shape index (κ3) is 4.23. The predicted octanol–water partition coefficient (Wildman–Crippen LogP) is 13.0. The number of anilines is 3. The first-order valence-electron chi connectivity index (χ1n) is 17.3. The maximum atomic E-state index is 6.49. The van der Waals surface area contributed by atoms with Gasteiger partial charge in [0.05, 0.1) is 11.0 Å². The van der Waals surface area contributed by atoms with Gasteiger partial charge in [0.15, 0.2) is 0 Å². The Morgan fingerprint density at radius 1 is 0.500 bits per heavy atom. The highest BCUT2D eigenvalue weighted by Gasteiger charge is 2.41. The molecule has 7 aromatic carbocycles. The van der Waals surface area contributed by atoms with Crippen LogP contribution in [-0.2, 0) is 5.41 Å². The Kier molecular flexibility index (Phi) is 6.22. The van der Waals surface area contributed by atoms with Crippen molar-refractivity contribution in [2.24, 2.45) is 0 Å². The molecule has 0 N–H and O–H groups in total. The first-order valence-corrected chi connectivity index (χ1v) is 17.3. The van der Waals surface area contributed by atoms with Crippen LogP contribution in [0.2, 0.25) is 0 Å². The molecule has 0 atom stereocenters. The number of fused-ring (bicyclic) bond motifs is 8. The standard InChI is InChI=1S/C47H34N2O/c1-47(2)41-30-36(26-27-38(41)45-39-18-10-12-20-44(39)50-46(45)47)48(33-13-5-3-6-14-33)35-24-21-31(22-25-35)32-23-28-43-40(29-32)37-17-9-11-19-42(37)49(43)34-15-7-4-8-16-34/h3-30H,1-2H3. The van der Waals surface area contributed by atoms with E-state index in [2.05, 4.69) is 187 Å². The van der Waals surface area contributed by atoms with E-state index in [4.69, 9.17) is 4.42 Å². The lowest BCUT2D eigenvalue weighted by atomic mass is 9.85. The van der Waals surface area contributed by atoms with Gasteiger partial charge in [0, 0.05) is 49.9 Å². The lowest BCUT2D eigenvalue weighted by Crippen LogP contribution is -2.16. The summed E-state index contributed by atoms with van der Waals surface area (Å²) in [6.45, 7) is 4.55. The molecule has 0 spiro atoms. The number of aromatic nitrogens is 1. The van der Waals surface area contributed by atoms with Gasteiger partial charge >= 0.3 is 0 Å². The number of hydrogen-bond acceptors (Lipinski definition) is 2. The molecule has 50 heavy (non-hydrogen) atoms. The summed E-state index contributed by atoms with van der Waals surface area (Å²) in [6, 6.07) is 61.1. The van der Waals surface area contributed by atoms with Crippen LogP contribution in [0.1, 0.15) is 25.2 Å². The van der Waals surface area contributed by atoms with E-state index < -0.39 is 0 Å². The highest BCUT2D eigenvalue weighted by atomic mass is 16.3.